The van der Waals surface area contributed by atoms with E-state index >= 15 is 0 Å². The van der Waals surface area contributed by atoms with E-state index in [1.54, 1.807) is 11.3 Å². The van der Waals surface area contributed by atoms with Gasteiger partial charge < -0.3 is 8.98 Å². The molecule has 0 spiro atoms. The van der Waals surface area contributed by atoms with E-state index in [9.17, 15) is 0 Å². The van der Waals surface area contributed by atoms with Crippen LogP contribution in [0.25, 0.3) is 10.8 Å². The van der Waals surface area contributed by atoms with Gasteiger partial charge in [0.15, 0.2) is 0 Å². The molecule has 0 aliphatic carbocycles. The van der Waals surface area contributed by atoms with Crippen molar-refractivity contribution in [2.45, 2.75) is 31.8 Å². The maximum absolute atomic E-state index is 5.94. The van der Waals surface area contributed by atoms with Crippen LogP contribution in [-0.2, 0) is 7.05 Å². The van der Waals surface area contributed by atoms with Crippen LogP contribution in [0.4, 0.5) is 0 Å². The fraction of sp³-hybridized carbons (Fsp3) is 0.412. The van der Waals surface area contributed by atoms with Crippen LogP contribution in [-0.4, -0.2) is 26.2 Å². The fourth-order valence-electron chi connectivity index (χ4n) is 3.44. The standard InChI is InChI=1S/C17H20N4OS/c1-12(16-18-19-17(22-16)15-8-5-11-23-15)21-10-4-7-14(21)13-6-3-9-20(13)2/h3,5-6,8-9,11-12,14H,4,7,10H2,1-2H3/t12-,14+/m0/s1. The highest BCUT2D eigenvalue weighted by atomic mass is 32.1. The summed E-state index contributed by atoms with van der Waals surface area (Å²) in [7, 11) is 2.11. The lowest BCUT2D eigenvalue weighted by Gasteiger charge is -2.28. The Hall–Kier alpha value is -1.92. The zero-order chi connectivity index (χ0) is 15.8. The summed E-state index contributed by atoms with van der Waals surface area (Å²) in [6, 6.07) is 8.87. The van der Waals surface area contributed by atoms with Gasteiger partial charge >= 0.3 is 0 Å². The molecule has 1 aliphatic heterocycles. The van der Waals surface area contributed by atoms with Crippen LogP contribution < -0.4 is 0 Å². The van der Waals surface area contributed by atoms with Gasteiger partial charge in [0.1, 0.15) is 0 Å². The minimum Gasteiger partial charge on any atom is -0.418 e. The first kappa shape index (κ1) is 14.7. The molecule has 4 rings (SSSR count). The molecule has 0 radical (unpaired) electrons. The van der Waals surface area contributed by atoms with E-state index in [0.717, 1.165) is 11.4 Å². The second kappa shape index (κ2) is 5.94. The van der Waals surface area contributed by atoms with Crippen molar-refractivity contribution in [3.05, 3.63) is 47.4 Å². The molecule has 0 amide bonds. The molecule has 2 atom stereocenters. The molecule has 5 nitrogen and oxygen atoms in total. The smallest absolute Gasteiger partial charge is 0.257 e. The van der Waals surface area contributed by atoms with Crippen LogP contribution in [0.15, 0.2) is 40.3 Å². The highest BCUT2D eigenvalue weighted by Crippen LogP contribution is 2.38. The van der Waals surface area contributed by atoms with Crippen LogP contribution in [0.3, 0.4) is 0 Å². The van der Waals surface area contributed by atoms with E-state index in [1.807, 2.05) is 17.5 Å². The number of nitrogens with zero attached hydrogens (tertiary/aromatic N) is 4. The van der Waals surface area contributed by atoms with Crippen LogP contribution in [0, 0.1) is 0 Å². The van der Waals surface area contributed by atoms with E-state index in [0.29, 0.717) is 17.8 Å². The minimum absolute atomic E-state index is 0.124. The first-order valence-corrected chi connectivity index (χ1v) is 8.86. The van der Waals surface area contributed by atoms with Gasteiger partial charge in [-0.1, -0.05) is 6.07 Å². The Labute approximate surface area is 139 Å². The Morgan fingerprint density at radius 2 is 2.22 bits per heavy atom. The highest BCUT2D eigenvalue weighted by molar-refractivity contribution is 7.13. The van der Waals surface area contributed by atoms with Crippen molar-refractivity contribution in [1.29, 1.82) is 0 Å². The Morgan fingerprint density at radius 1 is 1.30 bits per heavy atom. The number of hydrogen-bond donors (Lipinski definition) is 0. The van der Waals surface area contributed by atoms with Gasteiger partial charge in [-0.15, -0.1) is 21.5 Å². The normalized spacial score (nSPS) is 20.2. The highest BCUT2D eigenvalue weighted by Gasteiger charge is 2.34. The van der Waals surface area contributed by atoms with Crippen molar-refractivity contribution in [3.8, 4) is 10.8 Å². The van der Waals surface area contributed by atoms with Crippen LogP contribution >= 0.6 is 11.3 Å². The van der Waals surface area contributed by atoms with E-state index in [2.05, 4.69) is 52.0 Å². The Morgan fingerprint density at radius 3 is 2.96 bits per heavy atom. The fourth-order valence-corrected chi connectivity index (χ4v) is 4.08. The molecule has 0 N–H and O–H groups in total. The first-order chi connectivity index (χ1) is 11.2. The lowest BCUT2D eigenvalue weighted by atomic mass is 10.1. The van der Waals surface area contributed by atoms with Crippen molar-refractivity contribution < 1.29 is 4.42 Å². The zero-order valence-electron chi connectivity index (χ0n) is 13.3. The molecule has 0 bridgehead atoms. The van der Waals surface area contributed by atoms with E-state index in [-0.39, 0.29) is 6.04 Å². The van der Waals surface area contributed by atoms with E-state index in [1.165, 1.54) is 18.5 Å². The SMILES string of the molecule is C[C@@H](c1nnc(-c2cccs2)o1)N1CCC[C@@H]1c1cccn1C. The lowest BCUT2D eigenvalue weighted by molar-refractivity contribution is 0.164. The largest absolute Gasteiger partial charge is 0.418 e. The van der Waals surface area contributed by atoms with Gasteiger partial charge in [0.25, 0.3) is 5.89 Å². The number of hydrogen-bond acceptors (Lipinski definition) is 5. The Bertz CT molecular complexity index is 776. The van der Waals surface area contributed by atoms with Gasteiger partial charge in [-0.3, -0.25) is 4.90 Å². The summed E-state index contributed by atoms with van der Waals surface area (Å²) in [5, 5.41) is 10.5. The molecule has 0 unspecified atom stereocenters. The predicted molar refractivity (Wildman–Crippen MR) is 90.1 cm³/mol. The van der Waals surface area contributed by atoms with E-state index < -0.39 is 0 Å². The maximum atomic E-state index is 5.94. The molecule has 1 fully saturated rings. The summed E-state index contributed by atoms with van der Waals surface area (Å²) in [5.41, 5.74) is 1.35. The summed E-state index contributed by atoms with van der Waals surface area (Å²) >= 11 is 1.62. The van der Waals surface area contributed by atoms with Crippen LogP contribution in [0.5, 0.6) is 0 Å². The van der Waals surface area contributed by atoms with Crippen LogP contribution in [0.2, 0.25) is 0 Å². The number of rotatable bonds is 4. The van der Waals surface area contributed by atoms with Gasteiger partial charge in [0.05, 0.1) is 17.0 Å². The molecule has 4 heterocycles. The van der Waals surface area contributed by atoms with Gasteiger partial charge in [-0.2, -0.15) is 0 Å². The second-order valence-electron chi connectivity index (χ2n) is 6.04. The van der Waals surface area contributed by atoms with Gasteiger partial charge in [-0.25, -0.2) is 0 Å². The molecule has 0 aromatic carbocycles. The average Bonchev–Trinajstić information content (AvgIpc) is 3.31. The third-order valence-electron chi connectivity index (χ3n) is 4.65. The van der Waals surface area contributed by atoms with Gasteiger partial charge in [0.2, 0.25) is 5.89 Å². The Kier molecular flexibility index (Phi) is 3.79. The summed E-state index contributed by atoms with van der Waals surface area (Å²) in [6.45, 7) is 3.22. The molecule has 0 saturated carbocycles. The summed E-state index contributed by atoms with van der Waals surface area (Å²) in [4.78, 5) is 3.50. The number of likely N-dealkylation sites (tertiary alicyclic amines) is 1. The van der Waals surface area contributed by atoms with Gasteiger partial charge in [-0.05, 0) is 49.9 Å². The molecule has 23 heavy (non-hydrogen) atoms. The summed E-state index contributed by atoms with van der Waals surface area (Å²) in [6.07, 6.45) is 4.48. The molecule has 120 valence electrons. The molecular weight excluding hydrogens is 308 g/mol. The van der Waals surface area contributed by atoms with Crippen molar-refractivity contribution in [2.75, 3.05) is 6.54 Å². The molecule has 3 aromatic heterocycles. The van der Waals surface area contributed by atoms with Crippen molar-refractivity contribution in [3.63, 3.8) is 0 Å². The molecule has 6 heteroatoms. The third kappa shape index (κ3) is 2.62. The number of aryl methyl sites for hydroxylation is 1. The molecular formula is C17H20N4OS. The minimum atomic E-state index is 0.124. The second-order valence-corrected chi connectivity index (χ2v) is 6.99. The molecule has 1 aliphatic rings. The van der Waals surface area contributed by atoms with Crippen molar-refractivity contribution >= 4 is 11.3 Å². The Balaban J connectivity index is 1.58. The lowest BCUT2D eigenvalue weighted by Crippen LogP contribution is -2.28. The number of aromatic nitrogens is 3. The van der Waals surface area contributed by atoms with Crippen molar-refractivity contribution in [2.24, 2.45) is 7.05 Å². The van der Waals surface area contributed by atoms with Crippen molar-refractivity contribution in [1.82, 2.24) is 19.7 Å². The van der Waals surface area contributed by atoms with Gasteiger partial charge in [0, 0.05) is 18.9 Å². The first-order valence-electron chi connectivity index (χ1n) is 7.98. The number of thiophene rings is 1. The molecule has 1 saturated heterocycles. The zero-order valence-corrected chi connectivity index (χ0v) is 14.2. The maximum Gasteiger partial charge on any atom is 0.257 e. The monoisotopic (exact) mass is 328 g/mol. The summed E-state index contributed by atoms with van der Waals surface area (Å²) in [5.74, 6) is 1.32. The topological polar surface area (TPSA) is 47.1 Å². The predicted octanol–water partition coefficient (Wildman–Crippen LogP) is 4.03. The summed E-state index contributed by atoms with van der Waals surface area (Å²) < 4.78 is 8.15. The molecule has 3 aromatic rings. The van der Waals surface area contributed by atoms with Crippen LogP contribution in [0.1, 0.15) is 43.4 Å². The quantitative estimate of drug-likeness (QED) is 0.725. The third-order valence-corrected chi connectivity index (χ3v) is 5.50. The average molecular weight is 328 g/mol. The van der Waals surface area contributed by atoms with E-state index in [4.69, 9.17) is 4.42 Å².